The maximum atomic E-state index is 13.0. The fraction of sp³-hybridized carbons (Fsp3) is 0.500. The third kappa shape index (κ3) is 3.46. The summed E-state index contributed by atoms with van der Waals surface area (Å²) in [5, 5.41) is 3.34. The molecule has 0 bridgehead atoms. The van der Waals surface area contributed by atoms with Crippen LogP contribution in [0.4, 0.5) is 4.39 Å². The first kappa shape index (κ1) is 11.2. The third-order valence-corrected chi connectivity index (χ3v) is 2.37. The van der Waals surface area contributed by atoms with Gasteiger partial charge in [0.1, 0.15) is 5.82 Å². The van der Waals surface area contributed by atoms with Crippen molar-refractivity contribution in [1.82, 2.24) is 5.32 Å². The van der Waals surface area contributed by atoms with Crippen LogP contribution in [0.3, 0.4) is 0 Å². The maximum Gasteiger partial charge on any atom is 0.123 e. The predicted octanol–water partition coefficient (Wildman–Crippen LogP) is 3.02. The second-order valence-corrected chi connectivity index (χ2v) is 3.83. The smallest absolute Gasteiger partial charge is 0.123 e. The normalized spacial score (nSPS) is 12.9. The Bertz CT molecular complexity index is 276. The zero-order valence-electron chi connectivity index (χ0n) is 9.10. The van der Waals surface area contributed by atoms with Crippen molar-refractivity contribution < 1.29 is 4.39 Å². The zero-order valence-corrected chi connectivity index (χ0v) is 9.10. The van der Waals surface area contributed by atoms with E-state index >= 15 is 0 Å². The predicted molar refractivity (Wildman–Crippen MR) is 57.7 cm³/mol. The van der Waals surface area contributed by atoms with E-state index in [1.54, 1.807) is 12.1 Å². The lowest BCUT2D eigenvalue weighted by molar-refractivity contribution is 0.531. The molecule has 1 rings (SSSR count). The van der Waals surface area contributed by atoms with Crippen LogP contribution in [0, 0.1) is 12.7 Å². The summed E-state index contributed by atoms with van der Waals surface area (Å²) in [7, 11) is 0. The number of nitrogens with one attached hydrogen (secondary N) is 1. The third-order valence-electron chi connectivity index (χ3n) is 2.37. The average molecular weight is 195 g/mol. The molecule has 78 valence electrons. The molecule has 1 aromatic carbocycles. The Balaban J connectivity index is 2.58. The molecule has 0 amide bonds. The van der Waals surface area contributed by atoms with Crippen LogP contribution in [-0.2, 0) is 6.54 Å². The Morgan fingerprint density at radius 3 is 2.64 bits per heavy atom. The Hall–Kier alpha value is -0.890. The second-order valence-electron chi connectivity index (χ2n) is 3.83. The maximum absolute atomic E-state index is 13.0. The Labute approximate surface area is 85.3 Å². The lowest BCUT2D eigenvalue weighted by Crippen LogP contribution is -2.24. The van der Waals surface area contributed by atoms with Crippen LogP contribution in [0.25, 0.3) is 0 Å². The van der Waals surface area contributed by atoms with Crippen molar-refractivity contribution in [3.8, 4) is 0 Å². The fourth-order valence-corrected chi connectivity index (χ4v) is 1.35. The highest BCUT2D eigenvalue weighted by atomic mass is 19.1. The van der Waals surface area contributed by atoms with Gasteiger partial charge in [-0.1, -0.05) is 13.0 Å². The van der Waals surface area contributed by atoms with Crippen LogP contribution in [0.2, 0.25) is 0 Å². The van der Waals surface area contributed by atoms with Gasteiger partial charge in [-0.15, -0.1) is 0 Å². The van der Waals surface area contributed by atoms with Gasteiger partial charge in [0, 0.05) is 12.6 Å². The minimum atomic E-state index is -0.147. The van der Waals surface area contributed by atoms with E-state index in [1.807, 2.05) is 13.0 Å². The number of hydrogen-bond donors (Lipinski definition) is 1. The molecule has 0 aliphatic carbocycles. The first-order valence-corrected chi connectivity index (χ1v) is 5.11. The lowest BCUT2D eigenvalue weighted by atomic mass is 10.1. The largest absolute Gasteiger partial charge is 0.310 e. The highest BCUT2D eigenvalue weighted by molar-refractivity contribution is 5.23. The summed E-state index contributed by atoms with van der Waals surface area (Å²) in [6, 6.07) is 5.63. The van der Waals surface area contributed by atoms with E-state index in [2.05, 4.69) is 19.2 Å². The molecule has 1 unspecified atom stereocenters. The Morgan fingerprint density at radius 2 is 2.07 bits per heavy atom. The summed E-state index contributed by atoms with van der Waals surface area (Å²) in [6.45, 7) is 6.92. The highest BCUT2D eigenvalue weighted by Crippen LogP contribution is 2.08. The molecular formula is C12H18FN. The van der Waals surface area contributed by atoms with Gasteiger partial charge in [-0.3, -0.25) is 0 Å². The van der Waals surface area contributed by atoms with Crippen LogP contribution in [0.5, 0.6) is 0 Å². The zero-order chi connectivity index (χ0) is 10.6. The summed E-state index contributed by atoms with van der Waals surface area (Å²) in [6.07, 6.45) is 1.09. The molecule has 1 nitrogen and oxygen atoms in total. The van der Waals surface area contributed by atoms with Crippen molar-refractivity contribution in [3.63, 3.8) is 0 Å². The van der Waals surface area contributed by atoms with Crippen molar-refractivity contribution in [1.29, 1.82) is 0 Å². The highest BCUT2D eigenvalue weighted by Gasteiger charge is 2.00. The topological polar surface area (TPSA) is 12.0 Å². The lowest BCUT2D eigenvalue weighted by Gasteiger charge is -2.11. The van der Waals surface area contributed by atoms with Crippen molar-refractivity contribution in [2.75, 3.05) is 0 Å². The number of benzene rings is 1. The van der Waals surface area contributed by atoms with Crippen LogP contribution in [0.15, 0.2) is 18.2 Å². The second kappa shape index (κ2) is 5.11. The number of aryl methyl sites for hydroxylation is 1. The van der Waals surface area contributed by atoms with Gasteiger partial charge in [0.25, 0.3) is 0 Å². The van der Waals surface area contributed by atoms with Crippen LogP contribution < -0.4 is 5.32 Å². The van der Waals surface area contributed by atoms with E-state index in [0.29, 0.717) is 6.04 Å². The molecule has 0 saturated carbocycles. The van der Waals surface area contributed by atoms with Crippen LogP contribution >= 0.6 is 0 Å². The summed E-state index contributed by atoms with van der Waals surface area (Å²) in [5.74, 6) is -0.147. The Morgan fingerprint density at radius 1 is 1.36 bits per heavy atom. The quantitative estimate of drug-likeness (QED) is 0.778. The van der Waals surface area contributed by atoms with Crippen LogP contribution in [0.1, 0.15) is 31.4 Å². The summed E-state index contributed by atoms with van der Waals surface area (Å²) >= 11 is 0. The van der Waals surface area contributed by atoms with Gasteiger partial charge in [-0.25, -0.2) is 4.39 Å². The summed E-state index contributed by atoms with van der Waals surface area (Å²) in [4.78, 5) is 0. The molecular weight excluding hydrogens is 177 g/mol. The average Bonchev–Trinajstić information content (AvgIpc) is 2.12. The van der Waals surface area contributed by atoms with E-state index in [9.17, 15) is 4.39 Å². The molecule has 1 N–H and O–H groups in total. The van der Waals surface area contributed by atoms with Gasteiger partial charge in [0.2, 0.25) is 0 Å². The fourth-order valence-electron chi connectivity index (χ4n) is 1.35. The molecule has 2 heteroatoms. The van der Waals surface area contributed by atoms with Crippen LogP contribution in [-0.4, -0.2) is 6.04 Å². The van der Waals surface area contributed by atoms with Gasteiger partial charge in [-0.2, -0.15) is 0 Å². The summed E-state index contributed by atoms with van der Waals surface area (Å²) in [5.41, 5.74) is 1.99. The molecule has 0 radical (unpaired) electrons. The molecule has 1 atom stereocenters. The molecule has 14 heavy (non-hydrogen) atoms. The van der Waals surface area contributed by atoms with Crippen molar-refractivity contribution >= 4 is 0 Å². The minimum absolute atomic E-state index is 0.147. The first-order valence-electron chi connectivity index (χ1n) is 5.11. The number of rotatable bonds is 4. The number of hydrogen-bond acceptors (Lipinski definition) is 1. The van der Waals surface area contributed by atoms with E-state index in [0.717, 1.165) is 24.1 Å². The Kier molecular flexibility index (Phi) is 4.08. The monoisotopic (exact) mass is 195 g/mol. The van der Waals surface area contributed by atoms with Crippen molar-refractivity contribution in [2.24, 2.45) is 0 Å². The molecule has 0 aliphatic heterocycles. The minimum Gasteiger partial charge on any atom is -0.310 e. The van der Waals surface area contributed by atoms with Gasteiger partial charge in [-0.05, 0) is 43.5 Å². The van der Waals surface area contributed by atoms with Gasteiger partial charge >= 0.3 is 0 Å². The standard InChI is InChI=1S/C12H18FN/c1-4-10(3)14-8-11-5-9(2)6-12(13)7-11/h5-7,10,14H,4,8H2,1-3H3. The van der Waals surface area contributed by atoms with E-state index in [1.165, 1.54) is 0 Å². The molecule has 0 fully saturated rings. The molecule has 0 saturated heterocycles. The number of halogens is 1. The van der Waals surface area contributed by atoms with E-state index in [4.69, 9.17) is 0 Å². The molecule has 0 aromatic heterocycles. The first-order chi connectivity index (χ1) is 6.61. The summed E-state index contributed by atoms with van der Waals surface area (Å²) < 4.78 is 13.0. The molecule has 0 heterocycles. The molecule has 0 spiro atoms. The molecule has 0 aliphatic rings. The molecule has 1 aromatic rings. The SMILES string of the molecule is CCC(C)NCc1cc(C)cc(F)c1. The van der Waals surface area contributed by atoms with E-state index in [-0.39, 0.29) is 5.82 Å². The van der Waals surface area contributed by atoms with Gasteiger partial charge < -0.3 is 5.32 Å². The van der Waals surface area contributed by atoms with Gasteiger partial charge in [0.05, 0.1) is 0 Å². The van der Waals surface area contributed by atoms with Crippen molar-refractivity contribution in [2.45, 2.75) is 39.8 Å². The van der Waals surface area contributed by atoms with Crippen molar-refractivity contribution in [3.05, 3.63) is 35.1 Å². The van der Waals surface area contributed by atoms with Gasteiger partial charge in [0.15, 0.2) is 0 Å². The van der Waals surface area contributed by atoms with E-state index < -0.39 is 0 Å².